The number of aliphatic hydroxyl groups is 8. The van der Waals surface area contributed by atoms with Crippen molar-refractivity contribution in [2.24, 2.45) is 0 Å². The van der Waals surface area contributed by atoms with E-state index in [0.29, 0.717) is 12.8 Å². The molecule has 14 heteroatoms. The predicted molar refractivity (Wildman–Crippen MR) is 350 cm³/mol. The van der Waals surface area contributed by atoms with Crippen molar-refractivity contribution in [3.05, 3.63) is 60.8 Å². The van der Waals surface area contributed by atoms with Crippen LogP contribution in [0.25, 0.3) is 0 Å². The number of allylic oxidation sites excluding steroid dienone is 9. The first-order chi connectivity index (χ1) is 42.1. The molecule has 1 amide bonds. The highest BCUT2D eigenvalue weighted by Gasteiger charge is 2.51. The van der Waals surface area contributed by atoms with Crippen LogP contribution in [0.3, 0.4) is 0 Å². The monoisotopic (exact) mass is 1220 g/mol. The molecule has 0 aromatic rings. The fourth-order valence-corrected chi connectivity index (χ4v) is 11.5. The summed E-state index contributed by atoms with van der Waals surface area (Å²) in [7, 11) is 0. The molecule has 2 heterocycles. The standard InChI is InChI=1S/C72H131NO13/c1-3-5-7-9-11-13-15-16-17-18-19-20-21-22-23-24-25-26-27-28-29-30-31-32-33-34-35-36-37-38-39-40-41-42-43-44-46-48-50-52-54-56-64(77)73-60(61(76)55-53-51-49-47-45-14-12-10-8-6-4-2)59-83-71-69(82)67(80)70(63(58-75)85-71)86-72-68(81)66(79)65(78)62(57-74)84-72/h8,10,15-16,18-19,45,47,53,55,60-63,65-72,74-76,78-82H,3-7,9,11-14,17,20-44,46,48-52,54,56-59H2,1-2H3,(H,73,77)/b10-8+,16-15-,19-18-,47-45+,55-53+. The van der Waals surface area contributed by atoms with Gasteiger partial charge in [0, 0.05) is 6.42 Å². The number of carbonyl (C=O) groups excluding carboxylic acids is 1. The molecule has 2 saturated heterocycles. The molecule has 86 heavy (non-hydrogen) atoms. The van der Waals surface area contributed by atoms with Gasteiger partial charge in [0.05, 0.1) is 32.0 Å². The lowest BCUT2D eigenvalue weighted by Crippen LogP contribution is -2.65. The Kier molecular flexibility index (Phi) is 52.6. The van der Waals surface area contributed by atoms with Crippen LogP contribution in [0.1, 0.15) is 296 Å². The molecule has 2 fully saturated rings. The number of unbranched alkanes of at least 4 members (excludes halogenated alkanes) is 37. The molecule has 14 nitrogen and oxygen atoms in total. The number of nitrogens with one attached hydrogen (secondary N) is 1. The number of hydrogen-bond acceptors (Lipinski definition) is 13. The first kappa shape index (κ1) is 79.8. The highest BCUT2D eigenvalue weighted by atomic mass is 16.7. The maximum absolute atomic E-state index is 13.3. The third-order valence-corrected chi connectivity index (χ3v) is 17.1. The van der Waals surface area contributed by atoms with Gasteiger partial charge in [-0.15, -0.1) is 0 Å². The number of ether oxygens (including phenoxy) is 4. The van der Waals surface area contributed by atoms with E-state index >= 15 is 0 Å². The predicted octanol–water partition coefficient (Wildman–Crippen LogP) is 14.5. The van der Waals surface area contributed by atoms with Crippen molar-refractivity contribution in [3.8, 4) is 0 Å². The minimum Gasteiger partial charge on any atom is -0.394 e. The molecular weight excluding hydrogens is 1090 g/mol. The van der Waals surface area contributed by atoms with Crippen LogP contribution in [0, 0.1) is 0 Å². The lowest BCUT2D eigenvalue weighted by atomic mass is 9.97. The van der Waals surface area contributed by atoms with Crippen molar-refractivity contribution in [1.82, 2.24) is 5.32 Å². The summed E-state index contributed by atoms with van der Waals surface area (Å²) in [4.78, 5) is 13.3. The van der Waals surface area contributed by atoms with Crippen LogP contribution >= 0.6 is 0 Å². The van der Waals surface area contributed by atoms with E-state index < -0.39 is 86.8 Å². The second-order valence-electron chi connectivity index (χ2n) is 25.0. The quantitative estimate of drug-likeness (QED) is 0.0204. The average Bonchev–Trinajstić information content (AvgIpc) is 2.16. The summed E-state index contributed by atoms with van der Waals surface area (Å²) < 4.78 is 22.7. The number of rotatable bonds is 58. The van der Waals surface area contributed by atoms with Crippen molar-refractivity contribution in [2.75, 3.05) is 19.8 Å². The minimum atomic E-state index is -1.79. The number of carbonyl (C=O) groups is 1. The Morgan fingerprint density at radius 1 is 0.419 bits per heavy atom. The van der Waals surface area contributed by atoms with Crippen LogP contribution in [-0.4, -0.2) is 140 Å². The van der Waals surface area contributed by atoms with Crippen molar-refractivity contribution in [2.45, 2.75) is 370 Å². The summed E-state index contributed by atoms with van der Waals surface area (Å²) in [5.74, 6) is -0.252. The van der Waals surface area contributed by atoms with E-state index in [1.165, 1.54) is 205 Å². The lowest BCUT2D eigenvalue weighted by Gasteiger charge is -2.46. The van der Waals surface area contributed by atoms with Gasteiger partial charge in [-0.05, 0) is 70.6 Å². The van der Waals surface area contributed by atoms with Gasteiger partial charge in [-0.2, -0.15) is 0 Å². The summed E-state index contributed by atoms with van der Waals surface area (Å²) in [5.41, 5.74) is 0. The van der Waals surface area contributed by atoms with Gasteiger partial charge >= 0.3 is 0 Å². The fraction of sp³-hybridized carbons (Fsp3) is 0.847. The summed E-state index contributed by atoms with van der Waals surface area (Å²) in [6, 6.07) is -0.936. The number of amides is 1. The Morgan fingerprint density at radius 2 is 0.802 bits per heavy atom. The molecule has 2 aliphatic heterocycles. The van der Waals surface area contributed by atoms with Gasteiger partial charge in [-0.25, -0.2) is 0 Å². The highest BCUT2D eigenvalue weighted by molar-refractivity contribution is 5.76. The maximum atomic E-state index is 13.3. The van der Waals surface area contributed by atoms with Crippen molar-refractivity contribution >= 4 is 5.91 Å². The summed E-state index contributed by atoms with van der Waals surface area (Å²) in [6.45, 7) is 2.69. The molecule has 2 rings (SSSR count). The first-order valence-corrected chi connectivity index (χ1v) is 35.5. The molecule has 0 bridgehead atoms. The zero-order valence-electron chi connectivity index (χ0n) is 54.6. The van der Waals surface area contributed by atoms with Crippen molar-refractivity contribution in [3.63, 3.8) is 0 Å². The second-order valence-corrected chi connectivity index (χ2v) is 25.0. The zero-order valence-corrected chi connectivity index (χ0v) is 54.6. The highest BCUT2D eigenvalue weighted by Crippen LogP contribution is 2.30. The Balaban J connectivity index is 1.51. The van der Waals surface area contributed by atoms with Gasteiger partial charge < -0.3 is 65.1 Å². The normalized spacial score (nSPS) is 23.7. The molecule has 0 aromatic heterocycles. The largest absolute Gasteiger partial charge is 0.394 e. The molecule has 0 saturated carbocycles. The van der Waals surface area contributed by atoms with Gasteiger partial charge in [0.2, 0.25) is 5.91 Å². The number of aliphatic hydroxyl groups excluding tert-OH is 8. The molecular formula is C72H131NO13. The molecule has 502 valence electrons. The third-order valence-electron chi connectivity index (χ3n) is 17.1. The van der Waals surface area contributed by atoms with Crippen LogP contribution in [0.15, 0.2) is 60.8 Å². The van der Waals surface area contributed by atoms with Crippen LogP contribution in [0.2, 0.25) is 0 Å². The van der Waals surface area contributed by atoms with E-state index in [1.54, 1.807) is 6.08 Å². The molecule has 0 radical (unpaired) electrons. The third kappa shape index (κ3) is 40.4. The van der Waals surface area contributed by atoms with Gasteiger partial charge in [0.1, 0.15) is 48.8 Å². The lowest BCUT2D eigenvalue weighted by molar-refractivity contribution is -0.359. The summed E-state index contributed by atoms with van der Waals surface area (Å²) in [5, 5.41) is 87.0. The van der Waals surface area contributed by atoms with Gasteiger partial charge in [0.15, 0.2) is 12.6 Å². The van der Waals surface area contributed by atoms with Gasteiger partial charge in [-0.1, -0.05) is 280 Å². The Labute approximate surface area is 524 Å². The van der Waals surface area contributed by atoms with Crippen molar-refractivity contribution < 1.29 is 64.6 Å². The molecule has 12 atom stereocenters. The molecule has 0 aliphatic carbocycles. The van der Waals surface area contributed by atoms with E-state index in [-0.39, 0.29) is 18.9 Å². The van der Waals surface area contributed by atoms with Crippen molar-refractivity contribution in [1.29, 1.82) is 0 Å². The zero-order chi connectivity index (χ0) is 62.3. The Morgan fingerprint density at radius 3 is 1.24 bits per heavy atom. The first-order valence-electron chi connectivity index (χ1n) is 35.5. The van der Waals surface area contributed by atoms with Crippen LogP contribution < -0.4 is 5.32 Å². The van der Waals surface area contributed by atoms with Gasteiger partial charge in [-0.3, -0.25) is 4.79 Å². The van der Waals surface area contributed by atoms with Gasteiger partial charge in [0.25, 0.3) is 0 Å². The Bertz CT molecular complexity index is 1670. The maximum Gasteiger partial charge on any atom is 0.220 e. The smallest absolute Gasteiger partial charge is 0.220 e. The SMILES string of the molecule is CCC/C=C/CC/C=C/CC/C=C/C(O)C(COC1OC(CO)C(OC2OC(CO)C(O)C(O)C2O)C(O)C1O)NC(=O)CCCCCCCCCCCCCCCCCCCCCCCCCCCCCCC/C=C\C/C=C\CCCCCCC. The summed E-state index contributed by atoms with van der Waals surface area (Å²) in [6.07, 6.45) is 59.1. The van der Waals surface area contributed by atoms with E-state index in [1.807, 2.05) is 6.08 Å². The van der Waals surface area contributed by atoms with Crippen LogP contribution in [0.5, 0.6) is 0 Å². The van der Waals surface area contributed by atoms with Crippen LogP contribution in [0.4, 0.5) is 0 Å². The molecule has 12 unspecified atom stereocenters. The minimum absolute atomic E-state index is 0.252. The number of hydrogen-bond donors (Lipinski definition) is 9. The fourth-order valence-electron chi connectivity index (χ4n) is 11.5. The molecule has 9 N–H and O–H groups in total. The average molecular weight is 1220 g/mol. The topological polar surface area (TPSA) is 228 Å². The second kappa shape index (κ2) is 56.7. The Hall–Kier alpha value is -2.31. The van der Waals surface area contributed by atoms with E-state index in [0.717, 1.165) is 57.8 Å². The van der Waals surface area contributed by atoms with E-state index in [4.69, 9.17) is 18.9 Å². The molecule has 0 spiro atoms. The molecule has 2 aliphatic rings. The van der Waals surface area contributed by atoms with Crippen LogP contribution in [-0.2, 0) is 23.7 Å². The molecule has 0 aromatic carbocycles. The van der Waals surface area contributed by atoms with E-state index in [9.17, 15) is 45.6 Å². The summed E-state index contributed by atoms with van der Waals surface area (Å²) >= 11 is 0. The van der Waals surface area contributed by atoms with E-state index in [2.05, 4.69) is 67.8 Å².